The van der Waals surface area contributed by atoms with Crippen molar-refractivity contribution in [3.05, 3.63) is 0 Å². The van der Waals surface area contributed by atoms with Crippen molar-refractivity contribution in [1.82, 2.24) is 4.90 Å². The average molecular weight is 179 g/mol. The molecule has 0 spiro atoms. The van der Waals surface area contributed by atoms with Crippen molar-refractivity contribution in [2.45, 2.75) is 46.0 Å². The molecule has 1 heterocycles. The summed E-state index contributed by atoms with van der Waals surface area (Å²) in [4.78, 5) is 2.55. The fourth-order valence-electron chi connectivity index (χ4n) is 2.10. The van der Waals surface area contributed by atoms with Crippen LogP contribution in [0.25, 0.3) is 0 Å². The van der Waals surface area contributed by atoms with E-state index in [0.29, 0.717) is 17.8 Å². The quantitative estimate of drug-likeness (QED) is 0.558. The number of rotatable bonds is 1. The van der Waals surface area contributed by atoms with Crippen LogP contribution in [0.1, 0.15) is 34.1 Å². The van der Waals surface area contributed by atoms with Crippen LogP contribution in [0.5, 0.6) is 0 Å². The second-order valence-corrected chi connectivity index (χ2v) is 4.88. The van der Waals surface area contributed by atoms with E-state index in [1.165, 1.54) is 13.1 Å². The largest absolute Gasteiger partial charge is 0.301 e. The first-order chi connectivity index (χ1) is 6.02. The van der Waals surface area contributed by atoms with Crippen molar-refractivity contribution in [3.63, 3.8) is 0 Å². The van der Waals surface area contributed by atoms with Crippen molar-refractivity contribution in [1.29, 1.82) is 0 Å². The molecule has 1 aliphatic rings. The highest BCUT2D eigenvalue weighted by molar-refractivity contribution is 6.11. The zero-order valence-electron chi connectivity index (χ0n) is 9.46. The Labute approximate surface area is 84.3 Å². The maximum absolute atomic E-state index is 6.10. The third-order valence-electron chi connectivity index (χ3n) is 3.58. The molecule has 1 aliphatic heterocycles. The molecular weight excluding hydrogens is 157 g/mol. The lowest BCUT2D eigenvalue weighted by Crippen LogP contribution is -2.34. The SMILES string of the molecule is [B]C1CCN(C(C)C)CC(C)C1C. The molecule has 1 fully saturated rings. The Kier molecular flexibility index (Phi) is 3.84. The van der Waals surface area contributed by atoms with E-state index in [0.717, 1.165) is 12.3 Å². The molecule has 74 valence electrons. The highest BCUT2D eigenvalue weighted by Crippen LogP contribution is 2.30. The molecule has 13 heavy (non-hydrogen) atoms. The van der Waals surface area contributed by atoms with Gasteiger partial charge in [0.2, 0.25) is 0 Å². The van der Waals surface area contributed by atoms with Gasteiger partial charge in [-0.3, -0.25) is 0 Å². The van der Waals surface area contributed by atoms with Crippen LogP contribution in [0, 0.1) is 11.8 Å². The van der Waals surface area contributed by atoms with Gasteiger partial charge in [-0.25, -0.2) is 0 Å². The minimum absolute atomic E-state index is 0.402. The molecule has 3 unspecified atom stereocenters. The number of likely N-dealkylation sites (tertiary alicyclic amines) is 1. The summed E-state index contributed by atoms with van der Waals surface area (Å²) >= 11 is 0. The van der Waals surface area contributed by atoms with Gasteiger partial charge in [0.25, 0.3) is 0 Å². The average Bonchev–Trinajstić information content (AvgIpc) is 2.19. The third kappa shape index (κ3) is 2.73. The van der Waals surface area contributed by atoms with Crippen molar-refractivity contribution in [2.24, 2.45) is 11.8 Å². The van der Waals surface area contributed by atoms with Gasteiger partial charge >= 0.3 is 0 Å². The summed E-state index contributed by atoms with van der Waals surface area (Å²) in [6, 6.07) is 0.667. The van der Waals surface area contributed by atoms with Gasteiger partial charge in [-0.05, 0) is 38.6 Å². The standard InChI is InChI=1S/C11H22BN/c1-8(2)13-6-5-11(12)10(4)9(3)7-13/h8-11H,5-7H2,1-4H3. The lowest BCUT2D eigenvalue weighted by Gasteiger charge is -2.27. The fraction of sp³-hybridized carbons (Fsp3) is 1.00. The Bertz CT molecular complexity index is 158. The summed E-state index contributed by atoms with van der Waals surface area (Å²) in [6.45, 7) is 11.5. The summed E-state index contributed by atoms with van der Waals surface area (Å²) in [5.74, 6) is 1.81. The van der Waals surface area contributed by atoms with Crippen molar-refractivity contribution < 1.29 is 0 Å². The smallest absolute Gasteiger partial charge is 0.0703 e. The van der Waals surface area contributed by atoms with E-state index in [1.807, 2.05) is 0 Å². The van der Waals surface area contributed by atoms with Crippen LogP contribution < -0.4 is 0 Å². The molecule has 1 saturated heterocycles. The molecule has 1 nitrogen and oxygen atoms in total. The molecule has 2 heteroatoms. The van der Waals surface area contributed by atoms with E-state index in [4.69, 9.17) is 7.85 Å². The first-order valence-electron chi connectivity index (χ1n) is 5.52. The van der Waals surface area contributed by atoms with Crippen LogP contribution in [0.15, 0.2) is 0 Å². The minimum Gasteiger partial charge on any atom is -0.301 e. The van der Waals surface area contributed by atoms with Crippen LogP contribution >= 0.6 is 0 Å². The maximum atomic E-state index is 6.10. The monoisotopic (exact) mass is 179 g/mol. The van der Waals surface area contributed by atoms with Gasteiger partial charge in [-0.2, -0.15) is 0 Å². The summed E-state index contributed by atoms with van der Waals surface area (Å²) in [7, 11) is 6.10. The van der Waals surface area contributed by atoms with E-state index in [1.54, 1.807) is 0 Å². The summed E-state index contributed by atoms with van der Waals surface area (Å²) in [5.41, 5.74) is 0. The molecule has 0 aliphatic carbocycles. The molecular formula is C11H22BN. The lowest BCUT2D eigenvalue weighted by atomic mass is 9.71. The third-order valence-corrected chi connectivity index (χ3v) is 3.58. The Morgan fingerprint density at radius 3 is 2.46 bits per heavy atom. The molecule has 0 aromatic rings. The van der Waals surface area contributed by atoms with E-state index >= 15 is 0 Å². The van der Waals surface area contributed by atoms with Crippen LogP contribution in [0.3, 0.4) is 0 Å². The first kappa shape index (κ1) is 11.1. The Balaban J connectivity index is 2.58. The van der Waals surface area contributed by atoms with Gasteiger partial charge in [-0.1, -0.05) is 19.7 Å². The molecule has 0 saturated carbocycles. The minimum atomic E-state index is 0.402. The van der Waals surface area contributed by atoms with E-state index in [-0.39, 0.29) is 0 Å². The molecule has 0 N–H and O–H groups in total. The molecule has 2 radical (unpaired) electrons. The first-order valence-corrected chi connectivity index (χ1v) is 5.52. The molecule has 0 aromatic carbocycles. The molecule has 0 bridgehead atoms. The number of nitrogens with zero attached hydrogens (tertiary/aromatic N) is 1. The van der Waals surface area contributed by atoms with Gasteiger partial charge in [0.1, 0.15) is 0 Å². The topological polar surface area (TPSA) is 3.24 Å². The Morgan fingerprint density at radius 1 is 1.31 bits per heavy atom. The predicted octanol–water partition coefficient (Wildman–Crippen LogP) is 2.33. The van der Waals surface area contributed by atoms with E-state index in [9.17, 15) is 0 Å². The second kappa shape index (κ2) is 4.50. The van der Waals surface area contributed by atoms with Gasteiger partial charge in [-0.15, -0.1) is 0 Å². The summed E-state index contributed by atoms with van der Waals surface area (Å²) in [5, 5.41) is 0. The van der Waals surface area contributed by atoms with Crippen LogP contribution in [0.4, 0.5) is 0 Å². The van der Waals surface area contributed by atoms with Crippen molar-refractivity contribution >= 4 is 7.85 Å². The molecule has 0 aromatic heterocycles. The summed E-state index contributed by atoms with van der Waals surface area (Å²) in [6.07, 6.45) is 1.16. The number of hydrogen-bond acceptors (Lipinski definition) is 1. The number of hydrogen-bond donors (Lipinski definition) is 0. The van der Waals surface area contributed by atoms with Crippen LogP contribution in [-0.4, -0.2) is 31.9 Å². The lowest BCUT2D eigenvalue weighted by molar-refractivity contribution is 0.197. The Morgan fingerprint density at radius 2 is 1.92 bits per heavy atom. The Hall–Kier alpha value is 0.0249. The van der Waals surface area contributed by atoms with Gasteiger partial charge in [0.05, 0.1) is 7.85 Å². The highest BCUT2D eigenvalue weighted by atomic mass is 15.1. The zero-order chi connectivity index (χ0) is 10.0. The van der Waals surface area contributed by atoms with E-state index < -0.39 is 0 Å². The molecule has 0 amide bonds. The zero-order valence-corrected chi connectivity index (χ0v) is 9.46. The van der Waals surface area contributed by atoms with Gasteiger partial charge in [0, 0.05) is 12.6 Å². The van der Waals surface area contributed by atoms with Crippen LogP contribution in [-0.2, 0) is 0 Å². The van der Waals surface area contributed by atoms with Gasteiger partial charge < -0.3 is 4.90 Å². The maximum Gasteiger partial charge on any atom is 0.0703 e. The van der Waals surface area contributed by atoms with E-state index in [2.05, 4.69) is 32.6 Å². The highest BCUT2D eigenvalue weighted by Gasteiger charge is 2.26. The van der Waals surface area contributed by atoms with Crippen molar-refractivity contribution in [2.75, 3.05) is 13.1 Å². The molecule has 3 atom stereocenters. The summed E-state index contributed by atoms with van der Waals surface area (Å²) < 4.78 is 0. The van der Waals surface area contributed by atoms with Crippen LogP contribution in [0.2, 0.25) is 5.82 Å². The predicted molar refractivity (Wildman–Crippen MR) is 59.2 cm³/mol. The molecule has 1 rings (SSSR count). The van der Waals surface area contributed by atoms with Gasteiger partial charge in [0.15, 0.2) is 0 Å². The fourth-order valence-corrected chi connectivity index (χ4v) is 2.10. The van der Waals surface area contributed by atoms with Crippen molar-refractivity contribution in [3.8, 4) is 0 Å². The normalized spacial score (nSPS) is 37.8. The second-order valence-electron chi connectivity index (χ2n) is 4.88.